The number of H-pyrrole nitrogens is 1. The maximum Gasteiger partial charge on any atom is 0.100 e. The Morgan fingerprint density at radius 1 is 1.00 bits per heavy atom. The van der Waals surface area contributed by atoms with Gasteiger partial charge in [-0.15, -0.1) is 0 Å². The fraction of sp³-hybridized carbons (Fsp3) is 0.391. The summed E-state index contributed by atoms with van der Waals surface area (Å²) in [5.41, 5.74) is 5.61. The van der Waals surface area contributed by atoms with Gasteiger partial charge in [-0.05, 0) is 69.6 Å². The van der Waals surface area contributed by atoms with Crippen LogP contribution >= 0.6 is 11.6 Å². The number of hydrogen-bond donors (Lipinski definition) is 1. The summed E-state index contributed by atoms with van der Waals surface area (Å²) in [7, 11) is 4.39. The molecule has 4 rings (SSSR count). The summed E-state index contributed by atoms with van der Waals surface area (Å²) in [6.07, 6.45) is 9.81. The molecule has 1 aliphatic carbocycles. The number of aromatic amines is 1. The van der Waals surface area contributed by atoms with Crippen LogP contribution in [0.3, 0.4) is 0 Å². The van der Waals surface area contributed by atoms with Crippen molar-refractivity contribution in [3.8, 4) is 22.4 Å². The molecule has 5 heteroatoms. The molecule has 146 valence electrons. The first-order valence-electron chi connectivity index (χ1n) is 10.0. The Balaban J connectivity index is 1.76. The number of pyridine rings is 1. The van der Waals surface area contributed by atoms with Crippen LogP contribution < -0.4 is 0 Å². The van der Waals surface area contributed by atoms with E-state index in [4.69, 9.17) is 16.7 Å². The zero-order valence-corrected chi connectivity index (χ0v) is 17.3. The molecule has 1 aliphatic rings. The zero-order chi connectivity index (χ0) is 19.5. The summed E-state index contributed by atoms with van der Waals surface area (Å²) in [6, 6.07) is 12.8. The molecule has 0 spiro atoms. The van der Waals surface area contributed by atoms with Gasteiger partial charge in [0.1, 0.15) is 5.69 Å². The Kier molecular flexibility index (Phi) is 5.79. The second-order valence-corrected chi connectivity index (χ2v) is 8.37. The normalized spacial score (nSPS) is 20.3. The van der Waals surface area contributed by atoms with Crippen molar-refractivity contribution in [1.29, 1.82) is 0 Å². The minimum Gasteiger partial charge on any atom is -0.306 e. The van der Waals surface area contributed by atoms with E-state index in [-0.39, 0.29) is 0 Å². The molecule has 1 N–H and O–H groups in total. The summed E-state index contributed by atoms with van der Waals surface area (Å²) in [5, 5.41) is 8.88. The molecule has 1 fully saturated rings. The van der Waals surface area contributed by atoms with Crippen LogP contribution in [-0.2, 0) is 0 Å². The first-order valence-corrected chi connectivity index (χ1v) is 10.4. The number of rotatable bonds is 4. The quantitative estimate of drug-likeness (QED) is 0.571. The lowest BCUT2D eigenvalue weighted by Gasteiger charge is -2.22. The Morgan fingerprint density at radius 2 is 1.82 bits per heavy atom. The highest BCUT2D eigenvalue weighted by Crippen LogP contribution is 2.41. The van der Waals surface area contributed by atoms with E-state index >= 15 is 0 Å². The molecule has 2 atom stereocenters. The van der Waals surface area contributed by atoms with Gasteiger partial charge in [0.25, 0.3) is 0 Å². The number of hydrogen-bond acceptors (Lipinski definition) is 3. The average Bonchev–Trinajstić information content (AvgIpc) is 2.99. The number of benzene rings is 1. The van der Waals surface area contributed by atoms with Crippen molar-refractivity contribution in [3.05, 3.63) is 59.5 Å². The molecule has 28 heavy (non-hydrogen) atoms. The van der Waals surface area contributed by atoms with E-state index in [1.165, 1.54) is 43.4 Å². The summed E-state index contributed by atoms with van der Waals surface area (Å²) in [6.45, 7) is 0. The largest absolute Gasteiger partial charge is 0.306 e. The number of nitrogens with one attached hydrogen (secondary N) is 1. The summed E-state index contributed by atoms with van der Waals surface area (Å²) < 4.78 is 0. The fourth-order valence-corrected chi connectivity index (χ4v) is 4.58. The van der Waals surface area contributed by atoms with Crippen molar-refractivity contribution in [3.63, 3.8) is 0 Å². The third-order valence-electron chi connectivity index (χ3n) is 5.94. The first kappa shape index (κ1) is 19.2. The summed E-state index contributed by atoms with van der Waals surface area (Å²) >= 11 is 6.26. The SMILES string of the molecule is CN(C)C1CCCC(c2[nH]nc(-c3cccc(Cl)c3)c2-c2ccncc2)CC1. The molecular formula is C23H27ClN4. The molecule has 4 nitrogen and oxygen atoms in total. The van der Waals surface area contributed by atoms with Crippen LogP contribution in [0.1, 0.15) is 43.7 Å². The molecule has 1 saturated carbocycles. The second-order valence-electron chi connectivity index (χ2n) is 7.93. The van der Waals surface area contributed by atoms with Crippen LogP contribution in [0, 0.1) is 0 Å². The topological polar surface area (TPSA) is 44.8 Å². The molecule has 0 amide bonds. The van der Waals surface area contributed by atoms with Gasteiger partial charge in [-0.2, -0.15) is 5.10 Å². The smallest absolute Gasteiger partial charge is 0.100 e. The van der Waals surface area contributed by atoms with Gasteiger partial charge in [0.2, 0.25) is 0 Å². The Morgan fingerprint density at radius 3 is 2.57 bits per heavy atom. The predicted molar refractivity (Wildman–Crippen MR) is 116 cm³/mol. The summed E-state index contributed by atoms with van der Waals surface area (Å²) in [5.74, 6) is 0.494. The first-order chi connectivity index (χ1) is 13.6. The van der Waals surface area contributed by atoms with E-state index in [0.29, 0.717) is 12.0 Å². The molecule has 0 radical (unpaired) electrons. The minimum absolute atomic E-state index is 0.494. The van der Waals surface area contributed by atoms with E-state index in [2.05, 4.69) is 47.3 Å². The van der Waals surface area contributed by atoms with Crippen LogP contribution in [0.25, 0.3) is 22.4 Å². The number of nitrogens with zero attached hydrogens (tertiary/aromatic N) is 3. The second kappa shape index (κ2) is 8.46. The van der Waals surface area contributed by atoms with Crippen LogP contribution in [0.2, 0.25) is 5.02 Å². The van der Waals surface area contributed by atoms with E-state index in [1.807, 2.05) is 30.6 Å². The lowest BCUT2D eigenvalue weighted by molar-refractivity contribution is 0.266. The van der Waals surface area contributed by atoms with Crippen LogP contribution in [-0.4, -0.2) is 40.2 Å². The third-order valence-corrected chi connectivity index (χ3v) is 6.17. The Hall–Kier alpha value is -2.17. The minimum atomic E-state index is 0.494. The van der Waals surface area contributed by atoms with E-state index in [0.717, 1.165) is 21.8 Å². The highest BCUT2D eigenvalue weighted by atomic mass is 35.5. The molecule has 2 aromatic heterocycles. The standard InChI is InChI=1S/C23H27ClN4/c1-28(2)20-8-4-5-17(9-10-20)22-21(16-11-13-25-14-12-16)23(27-26-22)18-6-3-7-19(24)15-18/h3,6-7,11-15,17,20H,4-5,8-10H2,1-2H3,(H,26,27). The van der Waals surface area contributed by atoms with Crippen molar-refractivity contribution >= 4 is 11.6 Å². The highest BCUT2D eigenvalue weighted by molar-refractivity contribution is 6.30. The number of aromatic nitrogens is 3. The van der Waals surface area contributed by atoms with Gasteiger partial charge >= 0.3 is 0 Å². The van der Waals surface area contributed by atoms with Gasteiger partial charge in [-0.1, -0.05) is 30.2 Å². The summed E-state index contributed by atoms with van der Waals surface area (Å²) in [4.78, 5) is 6.57. The van der Waals surface area contributed by atoms with Gasteiger partial charge in [0.15, 0.2) is 0 Å². The van der Waals surface area contributed by atoms with E-state index < -0.39 is 0 Å². The van der Waals surface area contributed by atoms with E-state index in [1.54, 1.807) is 0 Å². The van der Waals surface area contributed by atoms with Crippen molar-refractivity contribution in [2.75, 3.05) is 14.1 Å². The monoisotopic (exact) mass is 394 g/mol. The molecule has 0 aliphatic heterocycles. The van der Waals surface area contributed by atoms with Gasteiger partial charge in [0, 0.05) is 46.2 Å². The molecule has 1 aromatic carbocycles. The number of halogens is 1. The average molecular weight is 395 g/mol. The molecular weight excluding hydrogens is 368 g/mol. The highest BCUT2D eigenvalue weighted by Gasteiger charge is 2.27. The van der Waals surface area contributed by atoms with Gasteiger partial charge in [-0.25, -0.2) is 0 Å². The molecule has 2 unspecified atom stereocenters. The van der Waals surface area contributed by atoms with Crippen LogP contribution in [0.5, 0.6) is 0 Å². The van der Waals surface area contributed by atoms with Crippen molar-refractivity contribution in [1.82, 2.24) is 20.1 Å². The lowest BCUT2D eigenvalue weighted by atomic mass is 9.89. The van der Waals surface area contributed by atoms with Crippen molar-refractivity contribution in [2.45, 2.75) is 44.1 Å². The Bertz CT molecular complexity index is 919. The maximum atomic E-state index is 6.26. The molecule has 3 aromatic rings. The molecule has 0 bridgehead atoms. The van der Waals surface area contributed by atoms with Crippen molar-refractivity contribution < 1.29 is 0 Å². The van der Waals surface area contributed by atoms with Crippen LogP contribution in [0.15, 0.2) is 48.8 Å². The lowest BCUT2D eigenvalue weighted by Crippen LogP contribution is -2.26. The maximum absolute atomic E-state index is 6.26. The van der Waals surface area contributed by atoms with Gasteiger partial charge in [0.05, 0.1) is 0 Å². The van der Waals surface area contributed by atoms with Crippen LogP contribution in [0.4, 0.5) is 0 Å². The Labute approximate surface area is 172 Å². The van der Waals surface area contributed by atoms with Gasteiger partial charge < -0.3 is 4.90 Å². The predicted octanol–water partition coefficient (Wildman–Crippen LogP) is 5.77. The van der Waals surface area contributed by atoms with Gasteiger partial charge in [-0.3, -0.25) is 10.1 Å². The van der Waals surface area contributed by atoms with Crippen molar-refractivity contribution in [2.24, 2.45) is 0 Å². The zero-order valence-electron chi connectivity index (χ0n) is 16.5. The fourth-order valence-electron chi connectivity index (χ4n) is 4.39. The third kappa shape index (κ3) is 3.98. The van der Waals surface area contributed by atoms with E-state index in [9.17, 15) is 0 Å². The molecule has 2 heterocycles. The molecule has 0 saturated heterocycles.